The van der Waals surface area contributed by atoms with Crippen LogP contribution in [0.25, 0.3) is 0 Å². The maximum absolute atomic E-state index is 12.1. The number of Topliss-reactive ketones (excluding diaryl/α,β-unsaturated/α-hetero) is 1. The van der Waals surface area contributed by atoms with Crippen molar-refractivity contribution in [3.05, 3.63) is 29.5 Å². The number of carbonyl (C=O) groups is 1. The molecule has 0 saturated carbocycles. The number of rotatable bonds is 4. The quantitative estimate of drug-likeness (QED) is 0.924. The summed E-state index contributed by atoms with van der Waals surface area (Å²) >= 11 is 0. The number of hydrogen-bond donors (Lipinski definition) is 1. The first-order valence-electron chi connectivity index (χ1n) is 7.05. The molecule has 0 radical (unpaired) electrons. The van der Waals surface area contributed by atoms with Crippen LogP contribution in [0, 0.1) is 16.7 Å². The summed E-state index contributed by atoms with van der Waals surface area (Å²) in [6, 6.07) is 7.39. The summed E-state index contributed by atoms with van der Waals surface area (Å²) < 4.78 is 10.5. The second-order valence-corrected chi connectivity index (χ2v) is 6.13. The number of carbonyl (C=O) groups excluding carboxylic acids is 1. The van der Waals surface area contributed by atoms with Gasteiger partial charge < -0.3 is 14.8 Å². The van der Waals surface area contributed by atoms with Crippen molar-refractivity contribution in [3.63, 3.8) is 0 Å². The molecule has 0 atom stereocenters. The Balaban J connectivity index is 2.39. The van der Waals surface area contributed by atoms with Crippen molar-refractivity contribution in [1.82, 2.24) is 0 Å². The Morgan fingerprint density at radius 2 is 1.73 bits per heavy atom. The average Bonchev–Trinajstić information content (AvgIpc) is 2.45. The Bertz CT molecular complexity index is 647. The van der Waals surface area contributed by atoms with Gasteiger partial charge in [0.25, 0.3) is 0 Å². The molecule has 1 aromatic rings. The van der Waals surface area contributed by atoms with E-state index in [9.17, 15) is 10.1 Å². The molecule has 1 N–H and O–H groups in total. The van der Waals surface area contributed by atoms with Crippen LogP contribution in [0.4, 0.5) is 5.69 Å². The molecule has 116 valence electrons. The zero-order valence-electron chi connectivity index (χ0n) is 13.3. The Morgan fingerprint density at radius 3 is 2.23 bits per heavy atom. The minimum Gasteiger partial charge on any atom is -0.497 e. The maximum atomic E-state index is 12.1. The fraction of sp³-hybridized carbons (Fsp3) is 0.412. The second-order valence-electron chi connectivity index (χ2n) is 6.13. The molecule has 0 bridgehead atoms. The number of ketones is 1. The van der Waals surface area contributed by atoms with E-state index in [0.717, 1.165) is 5.69 Å². The van der Waals surface area contributed by atoms with Gasteiger partial charge >= 0.3 is 0 Å². The SMILES string of the molecule is COc1cc(NC2=C(C#N)C(=O)CC(C)(C)C2)cc(OC)c1. The zero-order chi connectivity index (χ0) is 16.3. The summed E-state index contributed by atoms with van der Waals surface area (Å²) in [6.45, 7) is 4.04. The molecule has 0 heterocycles. The largest absolute Gasteiger partial charge is 0.497 e. The molecule has 0 fully saturated rings. The summed E-state index contributed by atoms with van der Waals surface area (Å²) in [5, 5.41) is 12.5. The van der Waals surface area contributed by atoms with Gasteiger partial charge in [-0.2, -0.15) is 5.26 Å². The number of nitriles is 1. The lowest BCUT2D eigenvalue weighted by atomic mass is 9.76. The summed E-state index contributed by atoms with van der Waals surface area (Å²) in [5.74, 6) is 1.17. The van der Waals surface area contributed by atoms with E-state index in [2.05, 4.69) is 5.32 Å². The maximum Gasteiger partial charge on any atom is 0.175 e. The average molecular weight is 300 g/mol. The molecule has 0 saturated heterocycles. The van der Waals surface area contributed by atoms with E-state index >= 15 is 0 Å². The molecule has 1 aliphatic carbocycles. The number of ether oxygens (including phenoxy) is 2. The van der Waals surface area contributed by atoms with Gasteiger partial charge in [0.2, 0.25) is 0 Å². The van der Waals surface area contributed by atoms with Crippen molar-refractivity contribution in [2.45, 2.75) is 26.7 Å². The highest BCUT2D eigenvalue weighted by Crippen LogP contribution is 2.37. The number of anilines is 1. The van der Waals surface area contributed by atoms with E-state index < -0.39 is 0 Å². The minimum absolute atomic E-state index is 0.115. The Kier molecular flexibility index (Phi) is 4.41. The van der Waals surface area contributed by atoms with Crippen LogP contribution in [0.5, 0.6) is 11.5 Å². The van der Waals surface area contributed by atoms with Gasteiger partial charge in [-0.3, -0.25) is 4.79 Å². The van der Waals surface area contributed by atoms with E-state index in [1.54, 1.807) is 32.4 Å². The fourth-order valence-corrected chi connectivity index (χ4v) is 2.61. The van der Waals surface area contributed by atoms with Gasteiger partial charge in [0, 0.05) is 36.0 Å². The highest BCUT2D eigenvalue weighted by molar-refractivity contribution is 6.01. The molecular formula is C17H20N2O3. The third kappa shape index (κ3) is 3.40. The Morgan fingerprint density at radius 1 is 1.14 bits per heavy atom. The van der Waals surface area contributed by atoms with Crippen molar-refractivity contribution in [1.29, 1.82) is 5.26 Å². The molecule has 2 rings (SSSR count). The number of benzene rings is 1. The topological polar surface area (TPSA) is 71.3 Å². The molecule has 0 unspecified atom stereocenters. The summed E-state index contributed by atoms with van der Waals surface area (Å²) in [7, 11) is 3.15. The van der Waals surface area contributed by atoms with Gasteiger partial charge in [0.1, 0.15) is 23.1 Å². The molecule has 1 aromatic carbocycles. The van der Waals surface area contributed by atoms with Gasteiger partial charge in [-0.15, -0.1) is 0 Å². The first-order valence-corrected chi connectivity index (χ1v) is 7.05. The number of allylic oxidation sites excluding steroid dienone is 2. The second kappa shape index (κ2) is 6.10. The van der Waals surface area contributed by atoms with E-state index in [4.69, 9.17) is 9.47 Å². The fourth-order valence-electron chi connectivity index (χ4n) is 2.61. The van der Waals surface area contributed by atoms with Crippen molar-refractivity contribution in [3.8, 4) is 17.6 Å². The summed E-state index contributed by atoms with van der Waals surface area (Å²) in [4.78, 5) is 12.1. The third-order valence-corrected chi connectivity index (χ3v) is 3.63. The molecular weight excluding hydrogens is 280 g/mol. The van der Waals surface area contributed by atoms with Crippen LogP contribution in [-0.2, 0) is 4.79 Å². The molecule has 22 heavy (non-hydrogen) atoms. The molecule has 5 nitrogen and oxygen atoms in total. The van der Waals surface area contributed by atoms with Crippen molar-refractivity contribution < 1.29 is 14.3 Å². The predicted molar refractivity (Wildman–Crippen MR) is 83.8 cm³/mol. The van der Waals surface area contributed by atoms with E-state index in [0.29, 0.717) is 30.0 Å². The standard InChI is InChI=1S/C17H20N2O3/c1-17(2)8-15(14(10-18)16(20)9-17)19-11-5-12(21-3)7-13(6-11)22-4/h5-7,19H,8-9H2,1-4H3. The van der Waals surface area contributed by atoms with Crippen LogP contribution in [0.15, 0.2) is 29.5 Å². The third-order valence-electron chi connectivity index (χ3n) is 3.63. The van der Waals surface area contributed by atoms with Crippen LogP contribution in [0.1, 0.15) is 26.7 Å². The van der Waals surface area contributed by atoms with Gasteiger partial charge in [-0.25, -0.2) is 0 Å². The minimum atomic E-state index is -0.164. The Labute approximate surface area is 130 Å². The Hall–Kier alpha value is -2.48. The van der Waals surface area contributed by atoms with Crippen LogP contribution >= 0.6 is 0 Å². The number of methoxy groups -OCH3 is 2. The summed E-state index contributed by atoms with van der Waals surface area (Å²) in [5.41, 5.74) is 1.42. The lowest BCUT2D eigenvalue weighted by molar-refractivity contribution is -0.117. The van der Waals surface area contributed by atoms with E-state index in [1.165, 1.54) is 0 Å². The van der Waals surface area contributed by atoms with E-state index in [1.807, 2.05) is 19.9 Å². The molecule has 0 aromatic heterocycles. The summed E-state index contributed by atoms with van der Waals surface area (Å²) in [6.07, 6.45) is 1.03. The first-order chi connectivity index (χ1) is 10.4. The number of nitrogens with one attached hydrogen (secondary N) is 1. The van der Waals surface area contributed by atoms with Gasteiger partial charge in [0.05, 0.1) is 14.2 Å². The zero-order valence-corrected chi connectivity index (χ0v) is 13.3. The monoisotopic (exact) mass is 300 g/mol. The highest BCUT2D eigenvalue weighted by atomic mass is 16.5. The normalized spacial score (nSPS) is 17.0. The molecule has 0 amide bonds. The molecule has 0 spiro atoms. The van der Waals surface area contributed by atoms with Crippen molar-refractivity contribution in [2.75, 3.05) is 19.5 Å². The van der Waals surface area contributed by atoms with Crippen LogP contribution in [-0.4, -0.2) is 20.0 Å². The smallest absolute Gasteiger partial charge is 0.175 e. The highest BCUT2D eigenvalue weighted by Gasteiger charge is 2.33. The lowest BCUT2D eigenvalue weighted by Crippen LogP contribution is -2.28. The van der Waals surface area contributed by atoms with Crippen molar-refractivity contribution in [2.24, 2.45) is 5.41 Å². The van der Waals surface area contributed by atoms with Crippen LogP contribution in [0.2, 0.25) is 0 Å². The van der Waals surface area contributed by atoms with Crippen LogP contribution in [0.3, 0.4) is 0 Å². The van der Waals surface area contributed by atoms with Gasteiger partial charge in [0.15, 0.2) is 5.78 Å². The first kappa shape index (κ1) is 15.9. The van der Waals surface area contributed by atoms with Gasteiger partial charge in [-0.1, -0.05) is 13.8 Å². The molecule has 5 heteroatoms. The van der Waals surface area contributed by atoms with Crippen LogP contribution < -0.4 is 14.8 Å². The lowest BCUT2D eigenvalue weighted by Gasteiger charge is -2.30. The molecule has 0 aliphatic heterocycles. The number of hydrogen-bond acceptors (Lipinski definition) is 5. The van der Waals surface area contributed by atoms with Gasteiger partial charge in [-0.05, 0) is 11.8 Å². The van der Waals surface area contributed by atoms with E-state index in [-0.39, 0.29) is 16.8 Å². The molecule has 1 aliphatic rings. The number of nitrogens with zero attached hydrogens (tertiary/aromatic N) is 1. The van der Waals surface area contributed by atoms with Crippen molar-refractivity contribution >= 4 is 11.5 Å². The predicted octanol–water partition coefficient (Wildman–Crippen LogP) is 3.28.